The van der Waals surface area contributed by atoms with E-state index in [9.17, 15) is 13.2 Å². The second-order valence-corrected chi connectivity index (χ2v) is 11.1. The summed E-state index contributed by atoms with van der Waals surface area (Å²) in [6, 6.07) is 23.7. The minimum Gasteiger partial charge on any atom is -0.496 e. The molecule has 2 heterocycles. The fourth-order valence-corrected chi connectivity index (χ4v) is 6.27. The fraction of sp³-hybridized carbons (Fsp3) is 0.241. The molecule has 4 aromatic rings. The number of piperazine rings is 1. The van der Waals surface area contributed by atoms with Gasteiger partial charge in [-0.05, 0) is 35.9 Å². The number of aromatic nitrogens is 1. The van der Waals surface area contributed by atoms with Crippen molar-refractivity contribution in [3.8, 4) is 5.75 Å². The average Bonchev–Trinajstić information content (AvgIpc) is 2.93. The van der Waals surface area contributed by atoms with Gasteiger partial charge in [0.1, 0.15) is 5.75 Å². The number of benzene rings is 3. The van der Waals surface area contributed by atoms with Crippen LogP contribution in [0.5, 0.6) is 5.75 Å². The molecule has 1 aromatic heterocycles. The van der Waals surface area contributed by atoms with Gasteiger partial charge in [-0.3, -0.25) is 14.7 Å². The molecular formula is C29H29N3O4S. The zero-order valence-corrected chi connectivity index (χ0v) is 21.5. The average molecular weight is 516 g/mol. The summed E-state index contributed by atoms with van der Waals surface area (Å²) in [5.74, 6) is 0.683. The highest BCUT2D eigenvalue weighted by Crippen LogP contribution is 2.25. The third-order valence-electron chi connectivity index (χ3n) is 6.73. The lowest BCUT2D eigenvalue weighted by Crippen LogP contribution is -2.48. The molecule has 5 rings (SSSR count). The molecule has 37 heavy (non-hydrogen) atoms. The number of fused-ring (bicyclic) bond motifs is 1. The molecule has 1 amide bonds. The van der Waals surface area contributed by atoms with Gasteiger partial charge in [0.25, 0.3) is 5.91 Å². The predicted octanol–water partition coefficient (Wildman–Crippen LogP) is 4.18. The summed E-state index contributed by atoms with van der Waals surface area (Å²) in [7, 11) is -1.93. The van der Waals surface area contributed by atoms with E-state index in [1.165, 1.54) is 0 Å². The number of carbonyl (C=O) groups is 1. The second-order valence-electron chi connectivity index (χ2n) is 9.17. The first-order valence-electron chi connectivity index (χ1n) is 12.2. The van der Waals surface area contributed by atoms with Gasteiger partial charge in [0.2, 0.25) is 0 Å². The van der Waals surface area contributed by atoms with Crippen LogP contribution < -0.4 is 4.74 Å². The number of amides is 1. The number of hydrogen-bond donors (Lipinski definition) is 0. The minimum absolute atomic E-state index is 0.0374. The molecule has 190 valence electrons. The van der Waals surface area contributed by atoms with Crippen molar-refractivity contribution >= 4 is 26.6 Å². The van der Waals surface area contributed by atoms with Gasteiger partial charge < -0.3 is 9.64 Å². The minimum atomic E-state index is -3.60. The first kappa shape index (κ1) is 24.9. The number of nitrogens with zero attached hydrogens (tertiary/aromatic N) is 3. The Labute approximate surface area is 217 Å². The van der Waals surface area contributed by atoms with Crippen LogP contribution in [-0.4, -0.2) is 62.4 Å². The van der Waals surface area contributed by atoms with E-state index in [-0.39, 0.29) is 16.6 Å². The number of sulfone groups is 1. The highest BCUT2D eigenvalue weighted by atomic mass is 32.2. The maximum absolute atomic E-state index is 13.2. The number of methoxy groups -OCH3 is 1. The number of hydrogen-bond acceptors (Lipinski definition) is 6. The van der Waals surface area contributed by atoms with Crippen molar-refractivity contribution in [1.82, 2.24) is 14.8 Å². The summed E-state index contributed by atoms with van der Waals surface area (Å²) in [6.07, 6.45) is 1.60. The normalized spacial score (nSPS) is 14.6. The highest BCUT2D eigenvalue weighted by Gasteiger charge is 2.24. The van der Waals surface area contributed by atoms with Gasteiger partial charge in [0.15, 0.2) is 9.84 Å². The maximum Gasteiger partial charge on any atom is 0.253 e. The molecule has 1 aliphatic heterocycles. The van der Waals surface area contributed by atoms with Crippen LogP contribution in [0.1, 0.15) is 21.5 Å². The van der Waals surface area contributed by atoms with E-state index in [1.54, 1.807) is 55.8 Å². The van der Waals surface area contributed by atoms with Crippen LogP contribution in [0.15, 0.2) is 90.0 Å². The van der Waals surface area contributed by atoms with E-state index < -0.39 is 9.84 Å². The topological polar surface area (TPSA) is 79.8 Å². The largest absolute Gasteiger partial charge is 0.496 e. The van der Waals surface area contributed by atoms with E-state index in [0.29, 0.717) is 29.7 Å². The first-order valence-corrected chi connectivity index (χ1v) is 13.9. The SMILES string of the molecule is COc1ccccc1CN1CCN(C(=O)c2ccc(CS(=O)(=O)c3cccc4cccnc34)cc2)CC1. The van der Waals surface area contributed by atoms with Crippen molar-refractivity contribution in [1.29, 1.82) is 0 Å². The number of pyridine rings is 1. The van der Waals surface area contributed by atoms with Crippen molar-refractivity contribution in [3.05, 3.63) is 102 Å². The van der Waals surface area contributed by atoms with Gasteiger partial charge in [-0.2, -0.15) is 0 Å². The molecule has 1 aliphatic rings. The number of carbonyl (C=O) groups excluding carboxylic acids is 1. The maximum atomic E-state index is 13.2. The van der Waals surface area contributed by atoms with E-state index in [1.807, 2.05) is 35.2 Å². The molecule has 1 saturated heterocycles. The molecule has 7 nitrogen and oxygen atoms in total. The Hall–Kier alpha value is -3.75. The molecule has 8 heteroatoms. The lowest BCUT2D eigenvalue weighted by Gasteiger charge is -2.35. The Morgan fingerprint density at radius 1 is 0.892 bits per heavy atom. The van der Waals surface area contributed by atoms with Crippen molar-refractivity contribution in [3.63, 3.8) is 0 Å². The third kappa shape index (κ3) is 5.50. The summed E-state index contributed by atoms with van der Waals surface area (Å²) >= 11 is 0. The molecule has 0 radical (unpaired) electrons. The Balaban J connectivity index is 1.21. The van der Waals surface area contributed by atoms with Crippen molar-refractivity contribution < 1.29 is 17.9 Å². The summed E-state index contributed by atoms with van der Waals surface area (Å²) < 4.78 is 31.8. The van der Waals surface area contributed by atoms with E-state index in [4.69, 9.17) is 4.74 Å². The monoisotopic (exact) mass is 515 g/mol. The summed E-state index contributed by atoms with van der Waals surface area (Å²) in [6.45, 7) is 3.61. The van der Waals surface area contributed by atoms with Crippen LogP contribution in [0.25, 0.3) is 10.9 Å². The van der Waals surface area contributed by atoms with Crippen molar-refractivity contribution in [2.45, 2.75) is 17.2 Å². The smallest absolute Gasteiger partial charge is 0.253 e. The van der Waals surface area contributed by atoms with Crippen LogP contribution in [0.2, 0.25) is 0 Å². The number of rotatable bonds is 7. The zero-order valence-electron chi connectivity index (χ0n) is 20.7. The Kier molecular flexibility index (Phi) is 7.21. The van der Waals surface area contributed by atoms with E-state index in [2.05, 4.69) is 16.0 Å². The van der Waals surface area contributed by atoms with Crippen molar-refractivity contribution in [2.24, 2.45) is 0 Å². The molecule has 0 atom stereocenters. The van der Waals surface area contributed by atoms with Gasteiger partial charge >= 0.3 is 0 Å². The molecule has 0 aliphatic carbocycles. The Morgan fingerprint density at radius 2 is 1.62 bits per heavy atom. The molecule has 0 saturated carbocycles. The molecule has 3 aromatic carbocycles. The second kappa shape index (κ2) is 10.7. The van der Waals surface area contributed by atoms with Crippen LogP contribution >= 0.6 is 0 Å². The first-order chi connectivity index (χ1) is 17.9. The van der Waals surface area contributed by atoms with Gasteiger partial charge in [-0.15, -0.1) is 0 Å². The summed E-state index contributed by atoms with van der Waals surface area (Å²) in [5.41, 5.74) is 2.80. The molecule has 0 unspecified atom stereocenters. The van der Waals surface area contributed by atoms with E-state index in [0.717, 1.165) is 36.3 Å². The molecule has 0 N–H and O–H groups in total. The number of para-hydroxylation sites is 2. The van der Waals surface area contributed by atoms with Crippen LogP contribution in [0.4, 0.5) is 0 Å². The third-order valence-corrected chi connectivity index (χ3v) is 8.45. The fourth-order valence-electron chi connectivity index (χ4n) is 4.73. The summed E-state index contributed by atoms with van der Waals surface area (Å²) in [4.78, 5) is 21.8. The van der Waals surface area contributed by atoms with Gasteiger partial charge in [0, 0.05) is 55.4 Å². The van der Waals surface area contributed by atoms with Crippen LogP contribution in [0.3, 0.4) is 0 Å². The molecule has 0 bridgehead atoms. The lowest BCUT2D eigenvalue weighted by molar-refractivity contribution is 0.0627. The van der Waals surface area contributed by atoms with Crippen LogP contribution in [-0.2, 0) is 22.1 Å². The molecule has 1 fully saturated rings. The Bertz CT molecular complexity index is 1510. The van der Waals surface area contributed by atoms with E-state index >= 15 is 0 Å². The van der Waals surface area contributed by atoms with Gasteiger partial charge in [-0.25, -0.2) is 8.42 Å². The van der Waals surface area contributed by atoms with Crippen LogP contribution in [0, 0.1) is 0 Å². The van der Waals surface area contributed by atoms with Crippen molar-refractivity contribution in [2.75, 3.05) is 33.3 Å². The number of ether oxygens (including phenoxy) is 1. The zero-order chi connectivity index (χ0) is 25.8. The highest BCUT2D eigenvalue weighted by molar-refractivity contribution is 7.90. The molecule has 0 spiro atoms. The quantitative estimate of drug-likeness (QED) is 0.368. The summed E-state index contributed by atoms with van der Waals surface area (Å²) in [5, 5.41) is 0.785. The van der Waals surface area contributed by atoms with Gasteiger partial charge in [-0.1, -0.05) is 48.5 Å². The molecular weight excluding hydrogens is 486 g/mol. The predicted molar refractivity (Wildman–Crippen MR) is 143 cm³/mol. The lowest BCUT2D eigenvalue weighted by atomic mass is 10.1. The standard InChI is InChI=1S/C29H29N3O4S/c1-36-26-9-3-2-6-25(26)20-31-16-18-32(19-17-31)29(33)24-13-11-22(12-14-24)21-37(34,35)27-10-4-7-23-8-5-15-30-28(23)27/h2-15H,16-21H2,1H3. The Morgan fingerprint density at radius 3 is 2.38 bits per heavy atom. The van der Waals surface area contributed by atoms with Gasteiger partial charge in [0.05, 0.1) is 23.3 Å².